The fourth-order valence-electron chi connectivity index (χ4n) is 3.04. The van der Waals surface area contributed by atoms with E-state index in [-0.39, 0.29) is 23.4 Å². The molecular weight excluding hydrogens is 449 g/mol. The maximum atomic E-state index is 12.3. The Labute approximate surface area is 182 Å². The van der Waals surface area contributed by atoms with Gasteiger partial charge in [-0.15, -0.1) is 13.2 Å². The SMILES string of the molecule is CN(C)S(=O)(=O)c1ccc2c(c1)nc(CCC(=O)Nc1cccc(OC(F)(F)F)c1)n2C. The zero-order chi connectivity index (χ0) is 23.7. The van der Waals surface area contributed by atoms with Crippen LogP contribution in [0.3, 0.4) is 0 Å². The van der Waals surface area contributed by atoms with E-state index in [2.05, 4.69) is 15.0 Å². The van der Waals surface area contributed by atoms with Crippen molar-refractivity contribution in [2.45, 2.75) is 24.1 Å². The molecule has 0 bridgehead atoms. The number of hydrogen-bond acceptors (Lipinski definition) is 5. The highest BCUT2D eigenvalue weighted by molar-refractivity contribution is 7.89. The van der Waals surface area contributed by atoms with Crippen LogP contribution in [-0.4, -0.2) is 48.6 Å². The van der Waals surface area contributed by atoms with Crippen molar-refractivity contribution in [2.75, 3.05) is 19.4 Å². The highest BCUT2D eigenvalue weighted by Crippen LogP contribution is 2.25. The van der Waals surface area contributed by atoms with Crippen LogP contribution in [0, 0.1) is 0 Å². The standard InChI is InChI=1S/C20H21F3N4O4S/c1-26(2)32(29,30)15-7-8-17-16(12-15)25-18(27(17)3)9-10-19(28)24-13-5-4-6-14(11-13)31-20(21,22)23/h4-8,11-12H,9-10H2,1-3H3,(H,24,28). The molecule has 0 atom stereocenters. The molecule has 2 aromatic carbocycles. The first-order chi connectivity index (χ1) is 14.9. The summed E-state index contributed by atoms with van der Waals surface area (Å²) in [5.41, 5.74) is 1.35. The van der Waals surface area contributed by atoms with Gasteiger partial charge in [-0.3, -0.25) is 4.79 Å². The van der Waals surface area contributed by atoms with Gasteiger partial charge in [0.05, 0.1) is 15.9 Å². The zero-order valence-electron chi connectivity index (χ0n) is 17.5. The van der Waals surface area contributed by atoms with Crippen LogP contribution < -0.4 is 10.1 Å². The van der Waals surface area contributed by atoms with Gasteiger partial charge >= 0.3 is 6.36 Å². The van der Waals surface area contributed by atoms with E-state index >= 15 is 0 Å². The minimum absolute atomic E-state index is 0.0182. The normalized spacial score (nSPS) is 12.3. The second-order valence-electron chi connectivity index (χ2n) is 7.15. The third-order valence-electron chi connectivity index (χ3n) is 4.65. The van der Waals surface area contributed by atoms with Crippen molar-refractivity contribution in [1.29, 1.82) is 0 Å². The van der Waals surface area contributed by atoms with Crippen LogP contribution >= 0.6 is 0 Å². The Bertz CT molecular complexity index is 1250. The molecule has 3 rings (SSSR count). The number of imidazole rings is 1. The lowest BCUT2D eigenvalue weighted by Gasteiger charge is -2.11. The molecule has 0 unspecified atom stereocenters. The molecule has 0 aliphatic carbocycles. The van der Waals surface area contributed by atoms with Crippen LogP contribution in [0.4, 0.5) is 18.9 Å². The predicted octanol–water partition coefficient (Wildman–Crippen LogP) is 3.29. The predicted molar refractivity (Wildman–Crippen MR) is 112 cm³/mol. The van der Waals surface area contributed by atoms with Gasteiger partial charge in [0.15, 0.2) is 0 Å². The number of nitrogens with one attached hydrogen (secondary N) is 1. The molecule has 0 spiro atoms. The minimum atomic E-state index is -4.82. The number of fused-ring (bicyclic) bond motifs is 1. The fourth-order valence-corrected chi connectivity index (χ4v) is 3.97. The van der Waals surface area contributed by atoms with Gasteiger partial charge in [-0.05, 0) is 30.3 Å². The Balaban J connectivity index is 1.70. The highest BCUT2D eigenvalue weighted by atomic mass is 32.2. The first kappa shape index (κ1) is 23.5. The number of carbonyl (C=O) groups is 1. The number of carbonyl (C=O) groups excluding carboxylic acids is 1. The summed E-state index contributed by atoms with van der Waals surface area (Å²) in [7, 11) is 1.02. The zero-order valence-corrected chi connectivity index (χ0v) is 18.3. The lowest BCUT2D eigenvalue weighted by molar-refractivity contribution is -0.274. The van der Waals surface area contributed by atoms with Gasteiger partial charge in [-0.25, -0.2) is 17.7 Å². The van der Waals surface area contributed by atoms with Crippen LogP contribution in [0.2, 0.25) is 0 Å². The van der Waals surface area contributed by atoms with E-state index in [0.717, 1.165) is 16.4 Å². The molecule has 0 fully saturated rings. The fraction of sp³-hybridized carbons (Fsp3) is 0.300. The molecular formula is C20H21F3N4O4S. The van der Waals surface area contributed by atoms with E-state index in [9.17, 15) is 26.4 Å². The molecule has 0 aliphatic rings. The van der Waals surface area contributed by atoms with E-state index in [1.54, 1.807) is 17.7 Å². The number of aromatic nitrogens is 2. The summed E-state index contributed by atoms with van der Waals surface area (Å²) in [5.74, 6) is -0.296. The van der Waals surface area contributed by atoms with Gasteiger partial charge < -0.3 is 14.6 Å². The van der Waals surface area contributed by atoms with Crippen molar-refractivity contribution < 1.29 is 31.1 Å². The Morgan fingerprint density at radius 1 is 1.19 bits per heavy atom. The molecule has 1 N–H and O–H groups in total. The number of aryl methyl sites for hydroxylation is 2. The smallest absolute Gasteiger partial charge is 0.406 e. The van der Waals surface area contributed by atoms with Crippen LogP contribution in [-0.2, 0) is 28.3 Å². The molecule has 0 saturated carbocycles. The van der Waals surface area contributed by atoms with Gasteiger partial charge in [-0.2, -0.15) is 0 Å². The maximum absolute atomic E-state index is 12.3. The Morgan fingerprint density at radius 3 is 2.56 bits per heavy atom. The van der Waals surface area contributed by atoms with Crippen molar-refractivity contribution in [1.82, 2.24) is 13.9 Å². The van der Waals surface area contributed by atoms with Gasteiger partial charge in [0, 0.05) is 45.7 Å². The van der Waals surface area contributed by atoms with Crippen LogP contribution in [0.25, 0.3) is 11.0 Å². The lowest BCUT2D eigenvalue weighted by atomic mass is 10.2. The molecule has 1 heterocycles. The van der Waals surface area contributed by atoms with Crippen molar-refractivity contribution >= 4 is 32.7 Å². The van der Waals surface area contributed by atoms with Gasteiger partial charge in [0.25, 0.3) is 0 Å². The summed E-state index contributed by atoms with van der Waals surface area (Å²) < 4.78 is 68.4. The molecule has 1 aromatic heterocycles. The largest absolute Gasteiger partial charge is 0.573 e. The molecule has 0 saturated heterocycles. The minimum Gasteiger partial charge on any atom is -0.406 e. The number of halogens is 3. The molecule has 0 radical (unpaired) electrons. The summed E-state index contributed by atoms with van der Waals surface area (Å²) in [6.07, 6.45) is -4.57. The Kier molecular flexibility index (Phi) is 6.46. The van der Waals surface area contributed by atoms with Crippen molar-refractivity contribution in [3.05, 3.63) is 48.3 Å². The average Bonchev–Trinajstić information content (AvgIpc) is 3.00. The molecule has 32 heavy (non-hydrogen) atoms. The number of nitrogens with zero attached hydrogens (tertiary/aromatic N) is 3. The summed E-state index contributed by atoms with van der Waals surface area (Å²) in [4.78, 5) is 16.8. The van der Waals surface area contributed by atoms with Gasteiger partial charge in [-0.1, -0.05) is 6.07 Å². The van der Waals surface area contributed by atoms with Gasteiger partial charge in [0.2, 0.25) is 15.9 Å². The summed E-state index contributed by atoms with van der Waals surface area (Å²) in [6.45, 7) is 0. The monoisotopic (exact) mass is 470 g/mol. The van der Waals surface area contributed by atoms with Crippen molar-refractivity contribution in [3.63, 3.8) is 0 Å². The molecule has 0 aliphatic heterocycles. The number of alkyl halides is 3. The quantitative estimate of drug-likeness (QED) is 0.572. The van der Waals surface area contributed by atoms with E-state index in [1.165, 1.54) is 38.4 Å². The first-order valence-electron chi connectivity index (χ1n) is 9.40. The van der Waals surface area contributed by atoms with Crippen LogP contribution in [0.5, 0.6) is 5.75 Å². The second kappa shape index (κ2) is 8.79. The molecule has 1 amide bonds. The maximum Gasteiger partial charge on any atom is 0.573 e. The van der Waals surface area contributed by atoms with E-state index in [0.29, 0.717) is 16.9 Å². The number of benzene rings is 2. The summed E-state index contributed by atoms with van der Waals surface area (Å²) in [6, 6.07) is 9.60. The lowest BCUT2D eigenvalue weighted by Crippen LogP contribution is -2.22. The number of anilines is 1. The van der Waals surface area contributed by atoms with E-state index in [1.807, 2.05) is 0 Å². The van der Waals surface area contributed by atoms with E-state index < -0.39 is 28.0 Å². The van der Waals surface area contributed by atoms with Crippen LogP contribution in [0.1, 0.15) is 12.2 Å². The van der Waals surface area contributed by atoms with Crippen molar-refractivity contribution in [2.24, 2.45) is 7.05 Å². The van der Waals surface area contributed by atoms with E-state index in [4.69, 9.17) is 0 Å². The molecule has 8 nitrogen and oxygen atoms in total. The number of rotatable bonds is 7. The topological polar surface area (TPSA) is 93.5 Å². The molecule has 3 aromatic rings. The Morgan fingerprint density at radius 2 is 1.91 bits per heavy atom. The van der Waals surface area contributed by atoms with Crippen molar-refractivity contribution in [3.8, 4) is 5.75 Å². The summed E-state index contributed by atoms with van der Waals surface area (Å²) in [5, 5.41) is 2.52. The number of sulfonamides is 1. The first-order valence-corrected chi connectivity index (χ1v) is 10.8. The third kappa shape index (κ3) is 5.37. The number of amides is 1. The van der Waals surface area contributed by atoms with Crippen LogP contribution in [0.15, 0.2) is 47.4 Å². The number of hydrogen-bond donors (Lipinski definition) is 1. The average molecular weight is 470 g/mol. The third-order valence-corrected chi connectivity index (χ3v) is 6.46. The molecule has 172 valence electrons. The Hall–Kier alpha value is -3.12. The second-order valence-corrected chi connectivity index (χ2v) is 9.30. The summed E-state index contributed by atoms with van der Waals surface area (Å²) >= 11 is 0. The number of ether oxygens (including phenoxy) is 1. The highest BCUT2D eigenvalue weighted by Gasteiger charge is 2.31. The van der Waals surface area contributed by atoms with Gasteiger partial charge in [0.1, 0.15) is 11.6 Å². The molecule has 12 heteroatoms.